The van der Waals surface area contributed by atoms with Crippen molar-refractivity contribution < 1.29 is 23.9 Å². The maximum absolute atomic E-state index is 13.7. The Morgan fingerprint density at radius 1 is 1.12 bits per heavy atom. The number of carbonyl (C=O) groups excluding carboxylic acids is 3. The van der Waals surface area contributed by atoms with Crippen LogP contribution in [-0.2, 0) is 17.7 Å². The molecule has 0 radical (unpaired) electrons. The first kappa shape index (κ1) is 29.1. The number of nitrogens with zero attached hydrogens (tertiary/aromatic N) is 4. The van der Waals surface area contributed by atoms with Crippen LogP contribution in [0.4, 0.5) is 0 Å². The molecule has 0 unspecified atom stereocenters. The van der Waals surface area contributed by atoms with E-state index in [0.29, 0.717) is 24.8 Å². The highest BCUT2D eigenvalue weighted by Gasteiger charge is 2.43. The van der Waals surface area contributed by atoms with Gasteiger partial charge in [-0.05, 0) is 49.1 Å². The molecule has 3 N–H and O–H groups in total. The lowest BCUT2D eigenvalue weighted by Crippen LogP contribution is -2.62. The average molecular weight is 571 g/mol. The van der Waals surface area contributed by atoms with Crippen molar-refractivity contribution in [2.45, 2.75) is 75.1 Å². The van der Waals surface area contributed by atoms with Crippen LogP contribution in [0.5, 0.6) is 5.88 Å². The predicted molar refractivity (Wildman–Crippen MR) is 147 cm³/mol. The molecule has 0 spiro atoms. The molecule has 2 amide bonds. The summed E-state index contributed by atoms with van der Waals surface area (Å²) in [5.74, 6) is -1.73. The lowest BCUT2D eigenvalue weighted by atomic mass is 9.80. The molecule has 4 rings (SSSR count). The van der Waals surface area contributed by atoms with Crippen LogP contribution in [0.3, 0.4) is 0 Å². The molecule has 13 heteroatoms. The molecule has 40 heavy (non-hydrogen) atoms. The molecule has 1 saturated carbocycles. The van der Waals surface area contributed by atoms with Crippen molar-refractivity contribution in [2.24, 2.45) is 13.0 Å². The zero-order chi connectivity index (χ0) is 28.9. The van der Waals surface area contributed by atoms with Crippen LogP contribution in [0.1, 0.15) is 73.4 Å². The van der Waals surface area contributed by atoms with Crippen LogP contribution in [0.2, 0.25) is 0 Å². The third-order valence-electron chi connectivity index (χ3n) is 6.91. The Balaban J connectivity index is 1.49. The van der Waals surface area contributed by atoms with E-state index in [9.17, 15) is 24.3 Å². The van der Waals surface area contributed by atoms with Crippen LogP contribution in [0.15, 0.2) is 51.0 Å². The topological polar surface area (TPSA) is 161 Å². The van der Waals surface area contributed by atoms with Gasteiger partial charge in [-0.2, -0.15) is 0 Å². The summed E-state index contributed by atoms with van der Waals surface area (Å²) in [7, 11) is 1.51. The second-order valence-electron chi connectivity index (χ2n) is 10.4. The number of amides is 2. The number of aromatic hydroxyl groups is 1. The van der Waals surface area contributed by atoms with Gasteiger partial charge in [0.25, 0.3) is 17.0 Å². The lowest BCUT2D eigenvalue weighted by molar-refractivity contribution is -0.129. The van der Waals surface area contributed by atoms with Crippen molar-refractivity contribution in [3.05, 3.63) is 58.5 Å². The first-order valence-corrected chi connectivity index (χ1v) is 14.2. The molecule has 0 aliphatic heterocycles. The first-order chi connectivity index (χ1) is 19.1. The van der Waals surface area contributed by atoms with Gasteiger partial charge in [-0.25, -0.2) is 4.79 Å². The number of hydrogen-bond acceptors (Lipinski definition) is 9. The molecule has 1 atom stereocenters. The highest BCUT2D eigenvalue weighted by atomic mass is 32.2. The van der Waals surface area contributed by atoms with Crippen molar-refractivity contribution in [1.29, 1.82) is 0 Å². The Kier molecular flexibility index (Phi) is 9.13. The van der Waals surface area contributed by atoms with E-state index in [1.807, 2.05) is 19.9 Å². The van der Waals surface area contributed by atoms with E-state index >= 15 is 0 Å². The normalized spacial score (nSPS) is 15.5. The van der Waals surface area contributed by atoms with Crippen molar-refractivity contribution in [2.75, 3.05) is 0 Å². The minimum absolute atomic E-state index is 0.00286. The molecule has 1 aromatic carbocycles. The summed E-state index contributed by atoms with van der Waals surface area (Å²) in [5.41, 5.74) is -1.10. The van der Waals surface area contributed by atoms with Crippen molar-refractivity contribution in [3.63, 3.8) is 0 Å². The van der Waals surface area contributed by atoms with Crippen molar-refractivity contribution in [3.8, 4) is 5.88 Å². The zero-order valence-corrected chi connectivity index (χ0v) is 23.6. The van der Waals surface area contributed by atoms with Gasteiger partial charge < -0.3 is 20.2 Å². The molecule has 2 heterocycles. The number of nitrogens with one attached hydrogen (secondary N) is 2. The minimum Gasteiger partial charge on any atom is -0.493 e. The van der Waals surface area contributed by atoms with Crippen LogP contribution in [-0.4, -0.2) is 53.6 Å². The summed E-state index contributed by atoms with van der Waals surface area (Å²) in [6.45, 7) is 3.86. The Labute approximate surface area is 235 Å². The van der Waals surface area contributed by atoms with Gasteiger partial charge in [0.1, 0.15) is 5.54 Å². The Bertz CT molecular complexity index is 1410. The summed E-state index contributed by atoms with van der Waals surface area (Å²) in [5, 5.41) is 23.5. The maximum atomic E-state index is 13.7. The van der Waals surface area contributed by atoms with Crippen molar-refractivity contribution in [1.82, 2.24) is 30.0 Å². The van der Waals surface area contributed by atoms with Crippen LogP contribution >= 0.6 is 11.8 Å². The van der Waals surface area contributed by atoms with E-state index in [1.54, 1.807) is 24.3 Å². The second-order valence-corrected chi connectivity index (χ2v) is 11.3. The summed E-state index contributed by atoms with van der Waals surface area (Å²) in [6, 6.07) is 7.77. The third kappa shape index (κ3) is 6.64. The molecule has 214 valence electrons. The van der Waals surface area contributed by atoms with Gasteiger partial charge >= 0.3 is 5.69 Å². The molecule has 0 saturated heterocycles. The largest absolute Gasteiger partial charge is 0.493 e. The van der Waals surface area contributed by atoms with E-state index in [1.165, 1.54) is 17.8 Å². The molecular weight excluding hydrogens is 536 g/mol. The molecule has 1 aliphatic carbocycles. The average Bonchev–Trinajstić information content (AvgIpc) is 3.50. The van der Waals surface area contributed by atoms with Gasteiger partial charge in [-0.1, -0.05) is 51.3 Å². The number of hydrogen-bond donors (Lipinski definition) is 3. The smallest absolute Gasteiger partial charge is 0.331 e. The van der Waals surface area contributed by atoms with E-state index < -0.39 is 29.0 Å². The highest BCUT2D eigenvalue weighted by Crippen LogP contribution is 2.30. The van der Waals surface area contributed by atoms with E-state index in [4.69, 9.17) is 4.42 Å². The van der Waals surface area contributed by atoms with Gasteiger partial charge in [0, 0.05) is 12.6 Å². The number of thioether (sulfide) groups is 1. The fraction of sp³-hybridized carbons (Fsp3) is 0.481. The van der Waals surface area contributed by atoms with Crippen LogP contribution < -0.4 is 16.3 Å². The molecular formula is C27H34N6O6S. The number of imidazole rings is 1. The van der Waals surface area contributed by atoms with Gasteiger partial charge in [0.15, 0.2) is 0 Å². The molecule has 1 fully saturated rings. The standard InChI is InChI=1S/C27H34N6O6S/c1-17(2)14-19(21(35)23-30-31-25(39-23)40-16-33-20(34)15-32(3)26(33)38)28-24(37)27(12-8-5-9-13-27)29-22(36)18-10-6-4-7-11-18/h4,6-7,10-11,15,17,19,34H,5,8-9,12-14,16H2,1-3H3,(H,28,37)(H,29,36)/t19-/m0/s1. The summed E-state index contributed by atoms with van der Waals surface area (Å²) in [4.78, 5) is 52.3. The van der Waals surface area contributed by atoms with Crippen LogP contribution in [0.25, 0.3) is 0 Å². The number of rotatable bonds is 11. The molecule has 2 aromatic heterocycles. The maximum Gasteiger partial charge on any atom is 0.331 e. The van der Waals surface area contributed by atoms with Crippen LogP contribution in [0, 0.1) is 5.92 Å². The van der Waals surface area contributed by atoms with Gasteiger partial charge in [0.05, 0.1) is 18.1 Å². The summed E-state index contributed by atoms with van der Waals surface area (Å²) >= 11 is 0.982. The quantitative estimate of drug-likeness (QED) is 0.232. The number of ketones is 1. The molecule has 1 aliphatic rings. The number of Topliss-reactive ketones (excluding diaryl/α,β-unsaturated/α-hetero) is 1. The van der Waals surface area contributed by atoms with Crippen molar-refractivity contribution >= 4 is 29.4 Å². The van der Waals surface area contributed by atoms with E-state index in [0.717, 1.165) is 35.6 Å². The molecule has 0 bridgehead atoms. The predicted octanol–water partition coefficient (Wildman–Crippen LogP) is 2.87. The fourth-order valence-electron chi connectivity index (χ4n) is 4.79. The SMILES string of the molecule is CC(C)C[C@H](NC(=O)C1(NC(=O)c2ccccc2)CCCCC1)C(=O)c1nnc(SCn2c(O)cn(C)c2=O)o1. The number of aryl methyl sites for hydroxylation is 1. The molecule has 3 aromatic rings. The number of carbonyl (C=O) groups is 3. The Morgan fingerprint density at radius 2 is 1.82 bits per heavy atom. The Morgan fingerprint density at radius 3 is 2.45 bits per heavy atom. The fourth-order valence-corrected chi connectivity index (χ4v) is 5.51. The van der Waals surface area contributed by atoms with Gasteiger partial charge in [0.2, 0.25) is 17.6 Å². The van der Waals surface area contributed by atoms with E-state index in [2.05, 4.69) is 20.8 Å². The summed E-state index contributed by atoms with van der Waals surface area (Å²) in [6.07, 6.45) is 5.04. The third-order valence-corrected chi connectivity index (χ3v) is 7.71. The Hall–Kier alpha value is -3.87. The van der Waals surface area contributed by atoms with Gasteiger partial charge in [-0.3, -0.25) is 23.5 Å². The molecule has 12 nitrogen and oxygen atoms in total. The number of benzene rings is 1. The highest BCUT2D eigenvalue weighted by molar-refractivity contribution is 7.98. The summed E-state index contributed by atoms with van der Waals surface area (Å²) < 4.78 is 7.91. The lowest BCUT2D eigenvalue weighted by Gasteiger charge is -2.37. The van der Waals surface area contributed by atoms with E-state index in [-0.39, 0.29) is 34.7 Å². The first-order valence-electron chi connectivity index (χ1n) is 13.2. The zero-order valence-electron chi connectivity index (χ0n) is 22.8. The minimum atomic E-state index is -1.14. The second kappa shape index (κ2) is 12.5. The monoisotopic (exact) mass is 570 g/mol. The van der Waals surface area contributed by atoms with Gasteiger partial charge in [-0.15, -0.1) is 10.2 Å². The number of aromatic nitrogens is 4.